The Balaban J connectivity index is 1.99. The summed E-state index contributed by atoms with van der Waals surface area (Å²) in [6, 6.07) is 7.30. The summed E-state index contributed by atoms with van der Waals surface area (Å²) in [6.07, 6.45) is 0.128. The van der Waals surface area contributed by atoms with Crippen molar-refractivity contribution in [2.45, 2.75) is 52.7 Å². The van der Waals surface area contributed by atoms with Gasteiger partial charge >= 0.3 is 16.3 Å². The molecule has 1 aliphatic rings. The van der Waals surface area contributed by atoms with Gasteiger partial charge in [-0.05, 0) is 58.7 Å². The standard InChI is InChI=1S/C17H24N4O4S/c1-11(18-16(22)25-17(3,4)5)9-13-7-6-8-14(10-13)19-15-12(2)20-26(23,24)21-15/h6-8,10-11H,9H2,1-5H3,(H,18,22)(H,19,21). The first kappa shape index (κ1) is 19.9. The molecule has 142 valence electrons. The molecular weight excluding hydrogens is 356 g/mol. The minimum absolute atomic E-state index is 0.132. The number of rotatable bonds is 4. The van der Waals surface area contributed by atoms with Crippen molar-refractivity contribution in [2.24, 2.45) is 8.80 Å². The smallest absolute Gasteiger partial charge is 0.407 e. The molecule has 1 aromatic rings. The highest BCUT2D eigenvalue weighted by atomic mass is 32.2. The molecule has 0 aromatic heterocycles. The van der Waals surface area contributed by atoms with Crippen LogP contribution in [-0.2, 0) is 21.4 Å². The third-order valence-electron chi connectivity index (χ3n) is 3.30. The van der Waals surface area contributed by atoms with Crippen LogP contribution in [0.5, 0.6) is 0 Å². The van der Waals surface area contributed by atoms with Gasteiger partial charge in [0.2, 0.25) is 0 Å². The number of benzene rings is 1. The van der Waals surface area contributed by atoms with Crippen LogP contribution in [0, 0.1) is 0 Å². The van der Waals surface area contributed by atoms with Crippen LogP contribution in [0.25, 0.3) is 0 Å². The van der Waals surface area contributed by atoms with Gasteiger partial charge in [-0.15, -0.1) is 8.80 Å². The monoisotopic (exact) mass is 380 g/mol. The van der Waals surface area contributed by atoms with Crippen LogP contribution in [0.15, 0.2) is 33.1 Å². The Morgan fingerprint density at radius 2 is 1.96 bits per heavy atom. The van der Waals surface area contributed by atoms with Gasteiger partial charge in [-0.3, -0.25) is 0 Å². The summed E-state index contributed by atoms with van der Waals surface area (Å²) in [5.41, 5.74) is 1.43. The fraction of sp³-hybridized carbons (Fsp3) is 0.471. The van der Waals surface area contributed by atoms with Crippen LogP contribution >= 0.6 is 0 Å². The van der Waals surface area contributed by atoms with Crippen molar-refractivity contribution in [2.75, 3.05) is 5.32 Å². The quantitative estimate of drug-likeness (QED) is 0.834. The van der Waals surface area contributed by atoms with Crippen LogP contribution < -0.4 is 10.6 Å². The molecular formula is C17H24N4O4S. The third kappa shape index (κ3) is 6.14. The largest absolute Gasteiger partial charge is 0.444 e. The average molecular weight is 380 g/mol. The Kier molecular flexibility index (Phi) is 5.70. The number of hydrogen-bond donors (Lipinski definition) is 2. The molecule has 1 unspecified atom stereocenters. The molecule has 2 N–H and O–H groups in total. The first-order chi connectivity index (χ1) is 11.9. The maximum atomic E-state index is 11.8. The van der Waals surface area contributed by atoms with E-state index in [1.165, 1.54) is 0 Å². The molecule has 26 heavy (non-hydrogen) atoms. The predicted octanol–water partition coefficient (Wildman–Crippen LogP) is 2.67. The minimum Gasteiger partial charge on any atom is -0.444 e. The van der Waals surface area contributed by atoms with Crippen LogP contribution in [0.1, 0.15) is 40.2 Å². The Labute approximate surface area is 154 Å². The van der Waals surface area contributed by atoms with Crippen LogP contribution in [0.2, 0.25) is 0 Å². The summed E-state index contributed by atoms with van der Waals surface area (Å²) in [4.78, 5) is 11.8. The third-order valence-corrected chi connectivity index (χ3v) is 4.21. The molecule has 1 aliphatic heterocycles. The lowest BCUT2D eigenvalue weighted by atomic mass is 10.1. The van der Waals surface area contributed by atoms with E-state index in [9.17, 15) is 13.2 Å². The van der Waals surface area contributed by atoms with Gasteiger partial charge in [0.1, 0.15) is 5.60 Å². The lowest BCUT2D eigenvalue weighted by molar-refractivity contribution is 0.0508. The number of anilines is 1. The number of alkyl carbamates (subject to hydrolysis) is 1. The van der Waals surface area contributed by atoms with Crippen molar-refractivity contribution in [3.63, 3.8) is 0 Å². The highest BCUT2D eigenvalue weighted by Gasteiger charge is 2.21. The first-order valence-electron chi connectivity index (χ1n) is 8.21. The molecule has 8 nitrogen and oxygen atoms in total. The van der Waals surface area contributed by atoms with E-state index in [2.05, 4.69) is 19.4 Å². The molecule has 0 fully saturated rings. The Morgan fingerprint density at radius 1 is 1.27 bits per heavy atom. The van der Waals surface area contributed by atoms with Gasteiger partial charge in [-0.25, -0.2) is 4.79 Å². The maximum absolute atomic E-state index is 11.8. The lowest BCUT2D eigenvalue weighted by Crippen LogP contribution is -2.38. The number of carbonyl (C=O) groups is 1. The second kappa shape index (κ2) is 7.45. The van der Waals surface area contributed by atoms with Gasteiger partial charge in [-0.1, -0.05) is 12.1 Å². The molecule has 1 aromatic carbocycles. The van der Waals surface area contributed by atoms with Crippen molar-refractivity contribution in [1.29, 1.82) is 0 Å². The normalized spacial score (nSPS) is 17.1. The van der Waals surface area contributed by atoms with E-state index in [0.29, 0.717) is 17.8 Å². The number of amides is 1. The van der Waals surface area contributed by atoms with Crippen LogP contribution in [-0.4, -0.2) is 37.7 Å². The molecule has 0 aliphatic carbocycles. The summed E-state index contributed by atoms with van der Waals surface area (Å²) >= 11 is 0. The molecule has 1 heterocycles. The molecule has 1 atom stereocenters. The Bertz CT molecular complexity index is 854. The van der Waals surface area contributed by atoms with Crippen molar-refractivity contribution in [1.82, 2.24) is 5.32 Å². The number of hydrogen-bond acceptors (Lipinski definition) is 5. The SMILES string of the molecule is CC1=NS(=O)(=O)N=C1Nc1cccc(CC(C)NC(=O)OC(C)(C)C)c1. The molecule has 0 saturated heterocycles. The van der Waals surface area contributed by atoms with E-state index in [4.69, 9.17) is 4.74 Å². The number of carbonyl (C=O) groups excluding carboxylic acids is 1. The zero-order valence-electron chi connectivity index (χ0n) is 15.5. The van der Waals surface area contributed by atoms with E-state index < -0.39 is 21.9 Å². The van der Waals surface area contributed by atoms with E-state index in [0.717, 1.165) is 5.56 Å². The summed E-state index contributed by atoms with van der Waals surface area (Å²) in [5, 5.41) is 5.75. The molecule has 9 heteroatoms. The summed E-state index contributed by atoms with van der Waals surface area (Å²) in [7, 11) is -3.77. The maximum Gasteiger partial charge on any atom is 0.407 e. The molecule has 0 spiro atoms. The van der Waals surface area contributed by atoms with Crippen LogP contribution in [0.3, 0.4) is 0 Å². The summed E-state index contributed by atoms with van der Waals surface area (Å²) in [6.45, 7) is 8.89. The Hall–Kier alpha value is -2.42. The second-order valence-corrected chi connectivity index (χ2v) is 8.40. The molecule has 0 radical (unpaired) electrons. The fourth-order valence-corrected chi connectivity index (χ4v) is 3.24. The summed E-state index contributed by atoms with van der Waals surface area (Å²) < 4.78 is 35.1. The zero-order chi connectivity index (χ0) is 19.5. The predicted molar refractivity (Wildman–Crippen MR) is 102 cm³/mol. The average Bonchev–Trinajstić information content (AvgIpc) is 2.68. The molecule has 0 bridgehead atoms. The molecule has 0 saturated carbocycles. The van der Waals surface area contributed by atoms with Gasteiger partial charge in [0.25, 0.3) is 0 Å². The summed E-state index contributed by atoms with van der Waals surface area (Å²) in [5.74, 6) is 0.210. The highest BCUT2D eigenvalue weighted by molar-refractivity contribution is 7.89. The van der Waals surface area contributed by atoms with Crippen molar-refractivity contribution in [3.05, 3.63) is 29.8 Å². The van der Waals surface area contributed by atoms with Gasteiger partial charge in [-0.2, -0.15) is 8.42 Å². The van der Waals surface area contributed by atoms with E-state index in [-0.39, 0.29) is 11.9 Å². The Morgan fingerprint density at radius 3 is 2.54 bits per heavy atom. The molecule has 2 rings (SSSR count). The van der Waals surface area contributed by atoms with Crippen molar-refractivity contribution < 1.29 is 17.9 Å². The molecule has 1 amide bonds. The minimum atomic E-state index is -3.77. The second-order valence-electron chi connectivity index (χ2n) is 7.14. The van der Waals surface area contributed by atoms with Gasteiger partial charge < -0.3 is 15.4 Å². The van der Waals surface area contributed by atoms with Crippen molar-refractivity contribution in [3.8, 4) is 0 Å². The number of amidine groups is 1. The number of nitrogens with one attached hydrogen (secondary N) is 2. The number of nitrogens with zero attached hydrogens (tertiary/aromatic N) is 2. The fourth-order valence-electron chi connectivity index (χ4n) is 2.36. The van der Waals surface area contributed by atoms with E-state index in [1.807, 2.05) is 45.9 Å². The van der Waals surface area contributed by atoms with Crippen LogP contribution in [0.4, 0.5) is 10.5 Å². The first-order valence-corrected chi connectivity index (χ1v) is 9.60. The van der Waals surface area contributed by atoms with Gasteiger partial charge in [0, 0.05) is 11.7 Å². The topological polar surface area (TPSA) is 109 Å². The van der Waals surface area contributed by atoms with Gasteiger partial charge in [0.05, 0.1) is 5.71 Å². The van der Waals surface area contributed by atoms with Gasteiger partial charge in [0.15, 0.2) is 5.84 Å². The number of ether oxygens (including phenoxy) is 1. The zero-order valence-corrected chi connectivity index (χ0v) is 16.3. The highest BCUT2D eigenvalue weighted by Crippen LogP contribution is 2.16. The lowest BCUT2D eigenvalue weighted by Gasteiger charge is -2.22. The van der Waals surface area contributed by atoms with E-state index >= 15 is 0 Å². The van der Waals surface area contributed by atoms with E-state index in [1.54, 1.807) is 13.0 Å². The van der Waals surface area contributed by atoms with Crippen molar-refractivity contribution >= 4 is 33.5 Å².